The zero-order chi connectivity index (χ0) is 10.8. The molecule has 1 aliphatic heterocycles. The van der Waals surface area contributed by atoms with Gasteiger partial charge in [-0.3, -0.25) is 4.99 Å². The van der Waals surface area contributed by atoms with Gasteiger partial charge in [-0.2, -0.15) is 0 Å². The van der Waals surface area contributed by atoms with Crippen LogP contribution in [0.15, 0.2) is 23.2 Å². The third-order valence-electron chi connectivity index (χ3n) is 2.57. The van der Waals surface area contributed by atoms with E-state index in [2.05, 4.69) is 23.3 Å². The van der Waals surface area contributed by atoms with Gasteiger partial charge >= 0.3 is 0 Å². The van der Waals surface area contributed by atoms with Gasteiger partial charge in [0.25, 0.3) is 0 Å². The van der Waals surface area contributed by atoms with Crippen molar-refractivity contribution in [2.45, 2.75) is 19.9 Å². The van der Waals surface area contributed by atoms with E-state index in [4.69, 9.17) is 4.74 Å². The van der Waals surface area contributed by atoms with Gasteiger partial charge in [0.15, 0.2) is 0 Å². The van der Waals surface area contributed by atoms with Crippen molar-refractivity contribution >= 4 is 5.84 Å². The van der Waals surface area contributed by atoms with Crippen molar-refractivity contribution in [3.8, 4) is 5.75 Å². The largest absolute Gasteiger partial charge is 0.496 e. The van der Waals surface area contributed by atoms with Crippen LogP contribution in [0.1, 0.15) is 18.1 Å². The molecule has 1 N–H and O–H groups in total. The second-order valence-corrected chi connectivity index (χ2v) is 3.92. The topological polar surface area (TPSA) is 33.6 Å². The lowest BCUT2D eigenvalue weighted by Crippen LogP contribution is -2.27. The Morgan fingerprint density at radius 3 is 2.80 bits per heavy atom. The van der Waals surface area contributed by atoms with Crippen LogP contribution in [0.4, 0.5) is 0 Å². The van der Waals surface area contributed by atoms with Crippen molar-refractivity contribution in [1.29, 1.82) is 0 Å². The van der Waals surface area contributed by atoms with Crippen molar-refractivity contribution in [2.75, 3.05) is 13.7 Å². The standard InChI is InChI=1S/C12H16N2O/c1-8-6-10(4-5-11(8)15-3)12-13-7-9(2)14-12/h4-6,9H,7H2,1-3H3,(H,13,14). The molecular formula is C12H16N2O. The van der Waals surface area contributed by atoms with Crippen LogP contribution < -0.4 is 10.1 Å². The van der Waals surface area contributed by atoms with Crippen LogP contribution in [0, 0.1) is 6.92 Å². The summed E-state index contributed by atoms with van der Waals surface area (Å²) in [5.41, 5.74) is 2.27. The molecule has 0 radical (unpaired) electrons. The fourth-order valence-electron chi connectivity index (χ4n) is 1.75. The van der Waals surface area contributed by atoms with E-state index in [0.717, 1.165) is 29.3 Å². The first-order valence-electron chi connectivity index (χ1n) is 5.16. The SMILES string of the molecule is COc1ccc(C2=NCC(C)N2)cc1C. The Labute approximate surface area is 90.2 Å². The summed E-state index contributed by atoms with van der Waals surface area (Å²) in [6, 6.07) is 6.57. The van der Waals surface area contributed by atoms with E-state index in [1.54, 1.807) is 7.11 Å². The van der Waals surface area contributed by atoms with Gasteiger partial charge in [-0.05, 0) is 37.6 Å². The van der Waals surface area contributed by atoms with Crippen molar-refractivity contribution < 1.29 is 4.74 Å². The quantitative estimate of drug-likeness (QED) is 0.796. The summed E-state index contributed by atoms with van der Waals surface area (Å²) < 4.78 is 5.22. The minimum atomic E-state index is 0.447. The Morgan fingerprint density at radius 1 is 1.47 bits per heavy atom. The minimum absolute atomic E-state index is 0.447. The van der Waals surface area contributed by atoms with Crippen LogP contribution in [0.2, 0.25) is 0 Å². The highest BCUT2D eigenvalue weighted by Crippen LogP contribution is 2.19. The maximum atomic E-state index is 5.22. The zero-order valence-corrected chi connectivity index (χ0v) is 9.37. The first-order chi connectivity index (χ1) is 7.20. The number of nitrogens with one attached hydrogen (secondary N) is 1. The van der Waals surface area contributed by atoms with Crippen LogP contribution in [0.3, 0.4) is 0 Å². The van der Waals surface area contributed by atoms with E-state index in [1.165, 1.54) is 0 Å². The van der Waals surface area contributed by atoms with Gasteiger partial charge in [-0.25, -0.2) is 0 Å². The first-order valence-corrected chi connectivity index (χ1v) is 5.16. The molecule has 80 valence electrons. The second-order valence-electron chi connectivity index (χ2n) is 3.92. The molecule has 0 aromatic heterocycles. The maximum Gasteiger partial charge on any atom is 0.128 e. The van der Waals surface area contributed by atoms with E-state index in [0.29, 0.717) is 6.04 Å². The average molecular weight is 204 g/mol. The Kier molecular flexibility index (Phi) is 2.62. The van der Waals surface area contributed by atoms with E-state index >= 15 is 0 Å². The summed E-state index contributed by atoms with van der Waals surface area (Å²) in [5, 5.41) is 3.34. The van der Waals surface area contributed by atoms with Crippen LogP contribution in [0.25, 0.3) is 0 Å². The zero-order valence-electron chi connectivity index (χ0n) is 9.37. The number of aryl methyl sites for hydroxylation is 1. The lowest BCUT2D eigenvalue weighted by atomic mass is 10.1. The molecule has 0 fully saturated rings. The van der Waals surface area contributed by atoms with Gasteiger partial charge < -0.3 is 10.1 Å². The predicted molar refractivity (Wildman–Crippen MR) is 61.7 cm³/mol. The molecule has 3 heteroatoms. The molecule has 2 rings (SSSR count). The minimum Gasteiger partial charge on any atom is -0.496 e. The second kappa shape index (κ2) is 3.93. The number of ether oxygens (including phenoxy) is 1. The van der Waals surface area contributed by atoms with E-state index in [-0.39, 0.29) is 0 Å². The summed E-state index contributed by atoms with van der Waals surface area (Å²) in [4.78, 5) is 4.45. The number of hydrogen-bond donors (Lipinski definition) is 1. The first kappa shape index (κ1) is 10.0. The molecule has 1 unspecified atom stereocenters. The summed E-state index contributed by atoms with van der Waals surface area (Å²) >= 11 is 0. The van der Waals surface area contributed by atoms with Crippen LogP contribution in [-0.2, 0) is 0 Å². The van der Waals surface area contributed by atoms with Crippen LogP contribution in [0.5, 0.6) is 5.75 Å². The molecule has 1 atom stereocenters. The molecule has 1 aromatic carbocycles. The molecule has 15 heavy (non-hydrogen) atoms. The van der Waals surface area contributed by atoms with E-state index in [9.17, 15) is 0 Å². The maximum absolute atomic E-state index is 5.22. The van der Waals surface area contributed by atoms with Crippen molar-refractivity contribution in [1.82, 2.24) is 5.32 Å². The highest BCUT2D eigenvalue weighted by Gasteiger charge is 2.14. The smallest absolute Gasteiger partial charge is 0.128 e. The summed E-state index contributed by atoms with van der Waals surface area (Å²) in [6.07, 6.45) is 0. The fraction of sp³-hybridized carbons (Fsp3) is 0.417. The lowest BCUT2D eigenvalue weighted by molar-refractivity contribution is 0.411. The summed E-state index contributed by atoms with van der Waals surface area (Å²) in [6.45, 7) is 5.04. The monoisotopic (exact) mass is 204 g/mol. The average Bonchev–Trinajstić information content (AvgIpc) is 2.65. The van der Waals surface area contributed by atoms with Crippen molar-refractivity contribution in [2.24, 2.45) is 4.99 Å². The molecular weight excluding hydrogens is 188 g/mol. The molecule has 0 saturated heterocycles. The third-order valence-corrected chi connectivity index (χ3v) is 2.57. The number of amidine groups is 1. The number of rotatable bonds is 2. The number of hydrogen-bond acceptors (Lipinski definition) is 3. The number of aliphatic imine (C=N–C) groups is 1. The third kappa shape index (κ3) is 1.96. The van der Waals surface area contributed by atoms with Crippen LogP contribution >= 0.6 is 0 Å². The molecule has 0 aliphatic carbocycles. The Morgan fingerprint density at radius 2 is 2.27 bits per heavy atom. The van der Waals surface area contributed by atoms with Crippen LogP contribution in [-0.4, -0.2) is 25.5 Å². The summed E-state index contributed by atoms with van der Waals surface area (Å²) in [7, 11) is 1.69. The Hall–Kier alpha value is -1.51. The highest BCUT2D eigenvalue weighted by molar-refractivity contribution is 6.00. The van der Waals surface area contributed by atoms with Gasteiger partial charge in [0.05, 0.1) is 13.7 Å². The Bertz CT molecular complexity index is 399. The van der Waals surface area contributed by atoms with E-state index in [1.807, 2.05) is 19.1 Å². The normalized spacial score (nSPS) is 19.7. The number of nitrogens with zero attached hydrogens (tertiary/aromatic N) is 1. The van der Waals surface area contributed by atoms with Gasteiger partial charge in [-0.15, -0.1) is 0 Å². The van der Waals surface area contributed by atoms with Crippen molar-refractivity contribution in [3.05, 3.63) is 29.3 Å². The molecule has 1 aromatic rings. The van der Waals surface area contributed by atoms with Gasteiger partial charge in [0.2, 0.25) is 0 Å². The fourth-order valence-corrected chi connectivity index (χ4v) is 1.75. The highest BCUT2D eigenvalue weighted by atomic mass is 16.5. The molecule has 0 saturated carbocycles. The molecule has 1 aliphatic rings. The Balaban J connectivity index is 2.27. The number of benzene rings is 1. The molecule has 0 amide bonds. The summed E-state index contributed by atoms with van der Waals surface area (Å²) in [5.74, 6) is 1.92. The van der Waals surface area contributed by atoms with Gasteiger partial charge in [0, 0.05) is 11.6 Å². The lowest BCUT2D eigenvalue weighted by Gasteiger charge is -2.09. The number of methoxy groups -OCH3 is 1. The molecule has 1 heterocycles. The van der Waals surface area contributed by atoms with Crippen molar-refractivity contribution in [3.63, 3.8) is 0 Å². The predicted octanol–water partition coefficient (Wildman–Crippen LogP) is 1.74. The molecule has 3 nitrogen and oxygen atoms in total. The molecule has 0 bridgehead atoms. The van der Waals surface area contributed by atoms with Gasteiger partial charge in [-0.1, -0.05) is 0 Å². The van der Waals surface area contributed by atoms with E-state index < -0.39 is 0 Å². The molecule has 0 spiro atoms. The van der Waals surface area contributed by atoms with Gasteiger partial charge in [0.1, 0.15) is 11.6 Å².